The average molecular weight is 507 g/mol. The van der Waals surface area contributed by atoms with E-state index in [-0.39, 0.29) is 28.4 Å². The van der Waals surface area contributed by atoms with E-state index in [9.17, 15) is 9.59 Å². The van der Waals surface area contributed by atoms with Crippen LogP contribution in [-0.4, -0.2) is 58.8 Å². The Balaban J connectivity index is 1.28. The molecule has 0 spiro atoms. The summed E-state index contributed by atoms with van der Waals surface area (Å²) in [6, 6.07) is 7.66. The molecule has 2 atom stereocenters. The number of hydrogen-bond donors (Lipinski definition) is 1. The minimum Gasteiger partial charge on any atom is -0.324 e. The molecule has 0 unspecified atom stereocenters. The molecule has 6 rings (SSSR count). The van der Waals surface area contributed by atoms with Crippen LogP contribution in [0, 0.1) is 5.82 Å². The largest absolute Gasteiger partial charge is 0.324 e. The van der Waals surface area contributed by atoms with E-state index >= 15 is 4.39 Å². The number of amides is 2. The second kappa shape index (κ2) is 8.52. The molecule has 2 aliphatic heterocycles. The monoisotopic (exact) mass is 506 g/mol. The molecule has 1 fully saturated rings. The average Bonchev–Trinajstić information content (AvgIpc) is 3.59. The topological polar surface area (TPSA) is 111 Å². The summed E-state index contributed by atoms with van der Waals surface area (Å²) in [4.78, 5) is 28.0. The van der Waals surface area contributed by atoms with E-state index in [1.54, 1.807) is 21.7 Å². The van der Waals surface area contributed by atoms with Crippen LogP contribution >= 0.6 is 11.6 Å². The van der Waals surface area contributed by atoms with Gasteiger partial charge in [-0.2, -0.15) is 9.78 Å². The van der Waals surface area contributed by atoms with Crippen molar-refractivity contribution in [1.29, 1.82) is 0 Å². The van der Waals surface area contributed by atoms with E-state index in [1.807, 2.05) is 25.4 Å². The van der Waals surface area contributed by atoms with E-state index < -0.39 is 11.9 Å². The second-order valence-electron chi connectivity index (χ2n) is 8.94. The Morgan fingerprint density at radius 1 is 1.22 bits per heavy atom. The number of aromatic nitrogens is 6. The number of benzene rings is 2. The van der Waals surface area contributed by atoms with Crippen molar-refractivity contribution < 1.29 is 14.0 Å². The molecule has 0 radical (unpaired) electrons. The van der Waals surface area contributed by atoms with Gasteiger partial charge in [0.1, 0.15) is 12.4 Å². The summed E-state index contributed by atoms with van der Waals surface area (Å²) in [5, 5.41) is 19.2. The molecule has 4 aromatic rings. The fourth-order valence-electron chi connectivity index (χ4n) is 5.15. The highest BCUT2D eigenvalue weighted by Crippen LogP contribution is 2.40. The Labute approximate surface area is 209 Å². The molecule has 0 saturated carbocycles. The van der Waals surface area contributed by atoms with Crippen molar-refractivity contribution in [2.45, 2.75) is 31.3 Å². The molecule has 0 aliphatic carbocycles. The molecule has 1 saturated heterocycles. The van der Waals surface area contributed by atoms with Gasteiger partial charge in [-0.25, -0.2) is 4.39 Å². The van der Waals surface area contributed by atoms with Gasteiger partial charge in [-0.05, 0) is 65.6 Å². The van der Waals surface area contributed by atoms with Gasteiger partial charge in [0.05, 0.1) is 16.2 Å². The lowest BCUT2D eigenvalue weighted by Gasteiger charge is -2.33. The lowest BCUT2D eigenvalue weighted by Crippen LogP contribution is -2.48. The first-order valence-corrected chi connectivity index (χ1v) is 11.8. The van der Waals surface area contributed by atoms with Crippen molar-refractivity contribution in [3.05, 3.63) is 65.3 Å². The first-order chi connectivity index (χ1) is 17.4. The highest BCUT2D eigenvalue weighted by Gasteiger charge is 2.43. The van der Waals surface area contributed by atoms with Crippen molar-refractivity contribution in [2.75, 3.05) is 5.32 Å². The Bertz CT molecular complexity index is 1550. The minimum atomic E-state index is -0.643. The molecule has 4 heterocycles. The van der Waals surface area contributed by atoms with Crippen LogP contribution in [0.5, 0.6) is 0 Å². The zero-order valence-corrected chi connectivity index (χ0v) is 19.9. The minimum absolute atomic E-state index is 0.0631. The highest BCUT2D eigenvalue weighted by atomic mass is 35.5. The number of halogens is 2. The summed E-state index contributed by atoms with van der Waals surface area (Å²) < 4.78 is 18.3. The summed E-state index contributed by atoms with van der Waals surface area (Å²) in [6.45, 7) is 0. The maximum absolute atomic E-state index is 15.2. The SMILES string of the molecule is Cn1cc2cc(NC(=O)[C@@H]3CC[C@@H]4CC(c5c(-n6cnnn6)ccc(Cl)c5F)=CC(=O)N43)ccc2n1. The molecule has 2 aliphatic rings. The Kier molecular flexibility index (Phi) is 5.29. The van der Waals surface area contributed by atoms with E-state index in [4.69, 9.17) is 11.6 Å². The quantitative estimate of drug-likeness (QED) is 0.455. The van der Waals surface area contributed by atoms with E-state index in [0.717, 1.165) is 10.9 Å². The summed E-state index contributed by atoms with van der Waals surface area (Å²) in [7, 11) is 1.84. The maximum Gasteiger partial charge on any atom is 0.247 e. The van der Waals surface area contributed by atoms with Crippen LogP contribution in [0.3, 0.4) is 0 Å². The van der Waals surface area contributed by atoms with Crippen LogP contribution in [0.4, 0.5) is 10.1 Å². The lowest BCUT2D eigenvalue weighted by atomic mass is 9.92. The standard InChI is InChI=1S/C24H20ClFN8O2/c1-32-11-14-8-15(2-5-18(14)29-32)28-24(36)20-6-3-16-9-13(10-21(35)34(16)20)22-19(33-12-27-30-31-33)7-4-17(25)23(22)26/h2,4-5,7-8,10-12,16,20H,3,6,9H2,1H3,(H,28,36)/t16-,20+/m1/s1. The summed E-state index contributed by atoms with van der Waals surface area (Å²) >= 11 is 6.08. The Morgan fingerprint density at radius 3 is 2.89 bits per heavy atom. The fourth-order valence-corrected chi connectivity index (χ4v) is 5.30. The van der Waals surface area contributed by atoms with Crippen LogP contribution in [0.1, 0.15) is 24.8 Å². The molecule has 0 bridgehead atoms. The van der Waals surface area contributed by atoms with Crippen molar-refractivity contribution in [3.63, 3.8) is 0 Å². The predicted molar refractivity (Wildman–Crippen MR) is 130 cm³/mol. The number of anilines is 1. The fraction of sp³-hybridized carbons (Fsp3) is 0.250. The van der Waals surface area contributed by atoms with Gasteiger partial charge in [-0.1, -0.05) is 11.6 Å². The van der Waals surface area contributed by atoms with Gasteiger partial charge < -0.3 is 10.2 Å². The first kappa shape index (κ1) is 22.4. The van der Waals surface area contributed by atoms with Crippen molar-refractivity contribution >= 4 is 45.6 Å². The first-order valence-electron chi connectivity index (χ1n) is 11.4. The van der Waals surface area contributed by atoms with Gasteiger partial charge >= 0.3 is 0 Å². The third-order valence-corrected chi connectivity index (χ3v) is 6.98. The maximum atomic E-state index is 15.2. The van der Waals surface area contributed by atoms with E-state index in [0.29, 0.717) is 36.2 Å². The predicted octanol–water partition coefficient (Wildman–Crippen LogP) is 3.13. The summed E-state index contributed by atoms with van der Waals surface area (Å²) in [5.41, 5.74) is 2.52. The van der Waals surface area contributed by atoms with Gasteiger partial charge in [-0.15, -0.1) is 5.10 Å². The summed E-state index contributed by atoms with van der Waals surface area (Å²) in [6.07, 6.45) is 6.11. The van der Waals surface area contributed by atoms with Gasteiger partial charge in [0.25, 0.3) is 0 Å². The number of aryl methyl sites for hydroxylation is 1. The molecule has 36 heavy (non-hydrogen) atoms. The number of tetrazole rings is 1. The molecule has 2 amide bonds. The number of carbonyl (C=O) groups excluding carboxylic acids is 2. The van der Waals surface area contributed by atoms with Crippen LogP contribution in [0.15, 0.2) is 48.9 Å². The third kappa shape index (κ3) is 3.72. The van der Waals surface area contributed by atoms with Gasteiger partial charge in [-0.3, -0.25) is 14.3 Å². The van der Waals surface area contributed by atoms with Gasteiger partial charge in [0.2, 0.25) is 11.8 Å². The molecule has 12 heteroatoms. The van der Waals surface area contributed by atoms with Crippen molar-refractivity contribution in [1.82, 2.24) is 34.9 Å². The molecule has 10 nitrogen and oxygen atoms in total. The number of fused-ring (bicyclic) bond motifs is 2. The van der Waals surface area contributed by atoms with E-state index in [1.165, 1.54) is 23.2 Å². The van der Waals surface area contributed by atoms with Crippen LogP contribution in [-0.2, 0) is 16.6 Å². The molecule has 2 aromatic carbocycles. The highest BCUT2D eigenvalue weighted by molar-refractivity contribution is 6.31. The van der Waals surface area contributed by atoms with Gasteiger partial charge in [0.15, 0.2) is 5.82 Å². The van der Waals surface area contributed by atoms with Crippen molar-refractivity contribution in [2.24, 2.45) is 7.05 Å². The number of nitrogens with zero attached hydrogens (tertiary/aromatic N) is 7. The van der Waals surface area contributed by atoms with Crippen LogP contribution in [0.25, 0.3) is 22.2 Å². The third-order valence-electron chi connectivity index (χ3n) is 6.69. The zero-order valence-electron chi connectivity index (χ0n) is 19.1. The van der Waals surface area contributed by atoms with Crippen LogP contribution < -0.4 is 5.32 Å². The number of hydrogen-bond acceptors (Lipinski definition) is 6. The second-order valence-corrected chi connectivity index (χ2v) is 9.35. The molecular weight excluding hydrogens is 487 g/mol. The lowest BCUT2D eigenvalue weighted by molar-refractivity contribution is -0.135. The van der Waals surface area contributed by atoms with Crippen LogP contribution in [0.2, 0.25) is 5.02 Å². The number of carbonyl (C=O) groups is 2. The number of nitrogens with one attached hydrogen (secondary N) is 1. The Morgan fingerprint density at radius 2 is 2.08 bits per heavy atom. The molecule has 2 aromatic heterocycles. The smallest absolute Gasteiger partial charge is 0.247 e. The molecule has 1 N–H and O–H groups in total. The zero-order chi connectivity index (χ0) is 25.0. The molecule has 182 valence electrons. The van der Waals surface area contributed by atoms with E-state index in [2.05, 4.69) is 25.9 Å². The van der Waals surface area contributed by atoms with Gasteiger partial charge in [0, 0.05) is 42.0 Å². The summed E-state index contributed by atoms with van der Waals surface area (Å²) in [5.74, 6) is -1.24. The molecular formula is C24H20ClFN8O2. The number of rotatable bonds is 4. The normalized spacial score (nSPS) is 19.5. The van der Waals surface area contributed by atoms with Crippen molar-refractivity contribution in [3.8, 4) is 5.69 Å². The Hall–Kier alpha value is -4.12.